The molecule has 6 nitrogen and oxygen atoms in total. The molecule has 1 atom stereocenters. The van der Waals surface area contributed by atoms with E-state index in [-0.39, 0.29) is 17.3 Å². The minimum atomic E-state index is -3.73. The molecule has 3 aromatic carbocycles. The number of hydrogen-bond donors (Lipinski definition) is 3. The van der Waals surface area contributed by atoms with Crippen LogP contribution in [-0.2, 0) is 10.0 Å². The summed E-state index contributed by atoms with van der Waals surface area (Å²) < 4.78 is 26.6. The molecule has 0 radical (unpaired) electrons. The zero-order valence-corrected chi connectivity index (χ0v) is 15.5. The molecular weight excluding hydrogens is 364 g/mol. The minimum absolute atomic E-state index is 0.0323. The van der Waals surface area contributed by atoms with E-state index in [4.69, 9.17) is 0 Å². The molecular formula is C20H20N2O4S. The van der Waals surface area contributed by atoms with Crippen LogP contribution in [0.3, 0.4) is 0 Å². The van der Waals surface area contributed by atoms with Gasteiger partial charge in [-0.05, 0) is 42.6 Å². The first-order valence-corrected chi connectivity index (χ1v) is 9.92. The van der Waals surface area contributed by atoms with Gasteiger partial charge < -0.3 is 10.4 Å². The van der Waals surface area contributed by atoms with Crippen molar-refractivity contribution in [1.29, 1.82) is 0 Å². The Bertz CT molecular complexity index is 1060. The number of sulfonamides is 1. The summed E-state index contributed by atoms with van der Waals surface area (Å²) in [6.45, 7) is 1.41. The van der Waals surface area contributed by atoms with Gasteiger partial charge in [0.15, 0.2) is 0 Å². The average molecular weight is 384 g/mol. The molecule has 0 fully saturated rings. The zero-order chi connectivity index (χ0) is 19.4. The first-order chi connectivity index (χ1) is 12.9. The van der Waals surface area contributed by atoms with Crippen LogP contribution >= 0.6 is 0 Å². The molecule has 3 aromatic rings. The Morgan fingerprint density at radius 3 is 2.37 bits per heavy atom. The van der Waals surface area contributed by atoms with Crippen LogP contribution < -0.4 is 10.0 Å². The summed E-state index contributed by atoms with van der Waals surface area (Å²) in [6, 6.07) is 19.0. The molecule has 140 valence electrons. The second kappa shape index (κ2) is 7.87. The molecule has 0 aliphatic carbocycles. The number of hydrogen-bond acceptors (Lipinski definition) is 4. The Hall–Kier alpha value is -2.74. The Kier molecular flexibility index (Phi) is 5.55. The number of carbonyl (C=O) groups excluding carboxylic acids is 1. The van der Waals surface area contributed by atoms with Crippen LogP contribution in [0.1, 0.15) is 17.3 Å². The van der Waals surface area contributed by atoms with E-state index >= 15 is 0 Å². The van der Waals surface area contributed by atoms with E-state index in [1.165, 1.54) is 31.2 Å². The van der Waals surface area contributed by atoms with E-state index in [1.807, 2.05) is 42.5 Å². The normalized spacial score (nSPS) is 12.7. The number of aliphatic hydroxyl groups excluding tert-OH is 1. The summed E-state index contributed by atoms with van der Waals surface area (Å²) in [4.78, 5) is 12.6. The SMILES string of the molecule is CC(O)CNS(=O)(=O)c1ccc(C(=O)Nc2cccc3ccccc23)cc1. The van der Waals surface area contributed by atoms with Gasteiger partial charge in [0.2, 0.25) is 10.0 Å². The summed E-state index contributed by atoms with van der Waals surface area (Å²) in [5, 5.41) is 14.0. The topological polar surface area (TPSA) is 95.5 Å². The van der Waals surface area contributed by atoms with Crippen molar-refractivity contribution in [3.63, 3.8) is 0 Å². The predicted octanol–water partition coefficient (Wildman–Crippen LogP) is 2.75. The maximum Gasteiger partial charge on any atom is 0.255 e. The van der Waals surface area contributed by atoms with Gasteiger partial charge >= 0.3 is 0 Å². The van der Waals surface area contributed by atoms with Gasteiger partial charge in [-0.3, -0.25) is 4.79 Å². The first kappa shape index (κ1) is 19.0. The van der Waals surface area contributed by atoms with E-state index in [0.717, 1.165) is 10.8 Å². The Labute approximate surface area is 157 Å². The molecule has 0 bridgehead atoms. The molecule has 3 rings (SSSR count). The van der Waals surface area contributed by atoms with Crippen molar-refractivity contribution in [3.05, 3.63) is 72.3 Å². The molecule has 1 unspecified atom stereocenters. The van der Waals surface area contributed by atoms with Gasteiger partial charge in [-0.15, -0.1) is 0 Å². The third-order valence-electron chi connectivity index (χ3n) is 4.03. The largest absolute Gasteiger partial charge is 0.392 e. The van der Waals surface area contributed by atoms with Crippen molar-refractivity contribution in [2.75, 3.05) is 11.9 Å². The van der Waals surface area contributed by atoms with Crippen LogP contribution in [0, 0.1) is 0 Å². The summed E-state index contributed by atoms with van der Waals surface area (Å²) in [5.41, 5.74) is 1.03. The number of benzene rings is 3. The van der Waals surface area contributed by atoms with Crippen LogP contribution in [0.25, 0.3) is 10.8 Å². The van der Waals surface area contributed by atoms with E-state index in [2.05, 4.69) is 10.0 Å². The first-order valence-electron chi connectivity index (χ1n) is 8.44. The maximum absolute atomic E-state index is 12.5. The van der Waals surface area contributed by atoms with E-state index in [0.29, 0.717) is 11.3 Å². The molecule has 27 heavy (non-hydrogen) atoms. The Morgan fingerprint density at radius 1 is 1.00 bits per heavy atom. The predicted molar refractivity (Wildman–Crippen MR) is 105 cm³/mol. The van der Waals surface area contributed by atoms with Gasteiger partial charge in [0.25, 0.3) is 5.91 Å². The Morgan fingerprint density at radius 2 is 1.67 bits per heavy atom. The molecule has 0 aliphatic heterocycles. The molecule has 0 saturated heterocycles. The van der Waals surface area contributed by atoms with Crippen LogP contribution in [-0.4, -0.2) is 32.1 Å². The second-order valence-electron chi connectivity index (χ2n) is 6.21. The summed E-state index contributed by atoms with van der Waals surface area (Å²) in [5.74, 6) is -0.327. The molecule has 0 heterocycles. The lowest BCUT2D eigenvalue weighted by atomic mass is 10.1. The van der Waals surface area contributed by atoms with Gasteiger partial charge in [0.05, 0.1) is 11.0 Å². The number of fused-ring (bicyclic) bond motifs is 1. The number of aliphatic hydroxyl groups is 1. The van der Waals surface area contributed by atoms with Crippen molar-refractivity contribution >= 4 is 32.4 Å². The fourth-order valence-electron chi connectivity index (χ4n) is 2.63. The van der Waals surface area contributed by atoms with Crippen molar-refractivity contribution in [2.45, 2.75) is 17.9 Å². The van der Waals surface area contributed by atoms with E-state index in [9.17, 15) is 18.3 Å². The minimum Gasteiger partial charge on any atom is -0.392 e. The number of nitrogens with one attached hydrogen (secondary N) is 2. The Balaban J connectivity index is 1.78. The highest BCUT2D eigenvalue weighted by molar-refractivity contribution is 7.89. The van der Waals surface area contributed by atoms with Gasteiger partial charge in [-0.25, -0.2) is 13.1 Å². The molecule has 0 aliphatic rings. The van der Waals surface area contributed by atoms with Gasteiger partial charge in [-0.2, -0.15) is 0 Å². The lowest BCUT2D eigenvalue weighted by Crippen LogP contribution is -2.30. The summed E-state index contributed by atoms with van der Waals surface area (Å²) in [7, 11) is -3.73. The zero-order valence-electron chi connectivity index (χ0n) is 14.7. The van der Waals surface area contributed by atoms with Crippen LogP contribution in [0.5, 0.6) is 0 Å². The molecule has 1 amide bonds. The third-order valence-corrected chi connectivity index (χ3v) is 5.47. The monoisotopic (exact) mass is 384 g/mol. The highest BCUT2D eigenvalue weighted by atomic mass is 32.2. The summed E-state index contributed by atoms with van der Waals surface area (Å²) >= 11 is 0. The standard InChI is InChI=1S/C20H20N2O4S/c1-14(23)13-21-27(25,26)17-11-9-16(10-12-17)20(24)22-19-8-4-6-15-5-2-3-7-18(15)19/h2-12,14,21,23H,13H2,1H3,(H,22,24). The number of amides is 1. The van der Waals surface area contributed by atoms with E-state index < -0.39 is 16.1 Å². The second-order valence-corrected chi connectivity index (χ2v) is 7.97. The molecule has 0 spiro atoms. The highest BCUT2D eigenvalue weighted by Crippen LogP contribution is 2.23. The van der Waals surface area contributed by atoms with Gasteiger partial charge in [0.1, 0.15) is 0 Å². The lowest BCUT2D eigenvalue weighted by molar-refractivity contribution is 0.102. The van der Waals surface area contributed by atoms with E-state index in [1.54, 1.807) is 0 Å². The number of carbonyl (C=O) groups is 1. The molecule has 7 heteroatoms. The fraction of sp³-hybridized carbons (Fsp3) is 0.150. The van der Waals surface area contributed by atoms with Gasteiger partial charge in [-0.1, -0.05) is 36.4 Å². The molecule has 0 aromatic heterocycles. The summed E-state index contributed by atoms with van der Waals surface area (Å²) in [6.07, 6.45) is -0.787. The maximum atomic E-state index is 12.5. The molecule has 0 saturated carbocycles. The van der Waals surface area contributed by atoms with Crippen LogP contribution in [0.2, 0.25) is 0 Å². The van der Waals surface area contributed by atoms with Crippen molar-refractivity contribution in [2.24, 2.45) is 0 Å². The van der Waals surface area contributed by atoms with Crippen LogP contribution in [0.4, 0.5) is 5.69 Å². The van der Waals surface area contributed by atoms with Gasteiger partial charge in [0, 0.05) is 23.2 Å². The fourth-order valence-corrected chi connectivity index (χ4v) is 3.75. The quantitative estimate of drug-likeness (QED) is 0.609. The van der Waals surface area contributed by atoms with Crippen molar-refractivity contribution in [3.8, 4) is 0 Å². The van der Waals surface area contributed by atoms with Crippen LogP contribution in [0.15, 0.2) is 71.6 Å². The number of anilines is 1. The molecule has 3 N–H and O–H groups in total. The number of rotatable bonds is 6. The average Bonchev–Trinajstić information content (AvgIpc) is 2.67. The lowest BCUT2D eigenvalue weighted by Gasteiger charge is -2.10. The smallest absolute Gasteiger partial charge is 0.255 e. The van der Waals surface area contributed by atoms with Crippen molar-refractivity contribution < 1.29 is 18.3 Å². The third kappa shape index (κ3) is 4.51. The highest BCUT2D eigenvalue weighted by Gasteiger charge is 2.16. The van der Waals surface area contributed by atoms with Crippen molar-refractivity contribution in [1.82, 2.24) is 4.72 Å².